The van der Waals surface area contributed by atoms with E-state index in [1.54, 1.807) is 0 Å². The van der Waals surface area contributed by atoms with Crippen LogP contribution in [0.25, 0.3) is 0 Å². The van der Waals surface area contributed by atoms with E-state index in [1.165, 1.54) is 25.0 Å². The lowest BCUT2D eigenvalue weighted by Gasteiger charge is -2.22. The Bertz CT molecular complexity index is 244. The zero-order valence-corrected chi connectivity index (χ0v) is 8.13. The minimum Gasteiger partial charge on any atom is -0.261 e. The van der Waals surface area contributed by atoms with Gasteiger partial charge in [-0.25, -0.2) is 0 Å². The van der Waals surface area contributed by atoms with Crippen molar-refractivity contribution in [1.82, 2.24) is 9.78 Å². The molecule has 0 bridgehead atoms. The highest BCUT2D eigenvalue weighted by molar-refractivity contribution is 9.10. The molecular formula is C8H11BrN2. The third kappa shape index (κ3) is 1.22. The summed E-state index contributed by atoms with van der Waals surface area (Å²) in [6.45, 7) is 0. The molecule has 1 saturated carbocycles. The summed E-state index contributed by atoms with van der Waals surface area (Å²) in [6, 6.07) is 2.13. The van der Waals surface area contributed by atoms with Crippen LogP contribution in [-0.2, 0) is 7.05 Å². The van der Waals surface area contributed by atoms with Crippen LogP contribution in [0.1, 0.15) is 30.9 Å². The standard InChI is InChI=1S/C8H11BrN2/c1-11-8(9)5-7(10-11)6-3-2-4-6/h5-6H,2-4H2,1H3. The van der Waals surface area contributed by atoms with Gasteiger partial charge < -0.3 is 0 Å². The molecule has 0 atom stereocenters. The van der Waals surface area contributed by atoms with E-state index >= 15 is 0 Å². The number of rotatable bonds is 1. The number of nitrogens with zero attached hydrogens (tertiary/aromatic N) is 2. The van der Waals surface area contributed by atoms with Gasteiger partial charge >= 0.3 is 0 Å². The van der Waals surface area contributed by atoms with Gasteiger partial charge in [-0.15, -0.1) is 0 Å². The lowest BCUT2D eigenvalue weighted by atomic mass is 9.83. The molecule has 0 unspecified atom stereocenters. The normalized spacial score (nSPS) is 18.4. The van der Waals surface area contributed by atoms with Gasteiger partial charge in [0.1, 0.15) is 4.60 Å². The minimum absolute atomic E-state index is 0.743. The summed E-state index contributed by atoms with van der Waals surface area (Å²) in [4.78, 5) is 0. The average molecular weight is 215 g/mol. The molecule has 0 saturated heterocycles. The monoisotopic (exact) mass is 214 g/mol. The Hall–Kier alpha value is -0.310. The maximum atomic E-state index is 4.40. The van der Waals surface area contributed by atoms with Crippen molar-refractivity contribution < 1.29 is 0 Å². The van der Waals surface area contributed by atoms with E-state index < -0.39 is 0 Å². The van der Waals surface area contributed by atoms with Gasteiger partial charge in [-0.2, -0.15) is 5.10 Å². The van der Waals surface area contributed by atoms with Crippen LogP contribution in [0.3, 0.4) is 0 Å². The fraction of sp³-hybridized carbons (Fsp3) is 0.625. The molecule has 1 aliphatic rings. The van der Waals surface area contributed by atoms with Gasteiger partial charge in [0, 0.05) is 13.0 Å². The second kappa shape index (κ2) is 2.63. The molecule has 1 fully saturated rings. The Labute approximate surface area is 74.7 Å². The number of aromatic nitrogens is 2. The first-order chi connectivity index (χ1) is 5.27. The Morgan fingerprint density at radius 1 is 1.64 bits per heavy atom. The molecule has 11 heavy (non-hydrogen) atoms. The van der Waals surface area contributed by atoms with Gasteiger partial charge in [0.25, 0.3) is 0 Å². The lowest BCUT2D eigenvalue weighted by Crippen LogP contribution is -2.09. The van der Waals surface area contributed by atoms with Crippen LogP contribution in [0.4, 0.5) is 0 Å². The van der Waals surface area contributed by atoms with Gasteiger partial charge in [-0.05, 0) is 34.8 Å². The second-order valence-corrected chi connectivity index (χ2v) is 3.96. The third-order valence-electron chi connectivity index (χ3n) is 2.37. The first-order valence-electron chi connectivity index (χ1n) is 3.97. The van der Waals surface area contributed by atoms with Crippen LogP contribution in [0.15, 0.2) is 10.7 Å². The average Bonchev–Trinajstić information content (AvgIpc) is 2.08. The second-order valence-electron chi connectivity index (χ2n) is 3.14. The molecule has 0 spiro atoms. The van der Waals surface area contributed by atoms with E-state index in [-0.39, 0.29) is 0 Å². The molecule has 2 rings (SSSR count). The molecule has 0 radical (unpaired) electrons. The van der Waals surface area contributed by atoms with Crippen molar-refractivity contribution >= 4 is 15.9 Å². The zero-order valence-electron chi connectivity index (χ0n) is 6.55. The van der Waals surface area contributed by atoms with Crippen LogP contribution >= 0.6 is 15.9 Å². The summed E-state index contributed by atoms with van der Waals surface area (Å²) >= 11 is 3.44. The highest BCUT2D eigenvalue weighted by atomic mass is 79.9. The van der Waals surface area contributed by atoms with Crippen LogP contribution in [0.2, 0.25) is 0 Å². The SMILES string of the molecule is Cn1nc(C2CCC2)cc1Br. The summed E-state index contributed by atoms with van der Waals surface area (Å²) in [7, 11) is 1.96. The first-order valence-corrected chi connectivity index (χ1v) is 4.76. The van der Waals surface area contributed by atoms with Crippen molar-refractivity contribution in [3.05, 3.63) is 16.4 Å². The molecule has 2 nitrogen and oxygen atoms in total. The molecule has 0 N–H and O–H groups in total. The van der Waals surface area contributed by atoms with E-state index in [4.69, 9.17) is 0 Å². The van der Waals surface area contributed by atoms with E-state index in [9.17, 15) is 0 Å². The van der Waals surface area contributed by atoms with Crippen molar-refractivity contribution in [3.8, 4) is 0 Å². The van der Waals surface area contributed by atoms with Crippen LogP contribution in [0.5, 0.6) is 0 Å². The maximum Gasteiger partial charge on any atom is 0.104 e. The maximum absolute atomic E-state index is 4.40. The Balaban J connectivity index is 2.24. The first kappa shape index (κ1) is 7.35. The van der Waals surface area contributed by atoms with E-state index in [1.807, 2.05) is 11.7 Å². The van der Waals surface area contributed by atoms with E-state index in [2.05, 4.69) is 27.1 Å². The van der Waals surface area contributed by atoms with Crippen LogP contribution < -0.4 is 0 Å². The zero-order chi connectivity index (χ0) is 7.84. The van der Waals surface area contributed by atoms with Crippen LogP contribution in [0, 0.1) is 0 Å². The molecule has 60 valence electrons. The van der Waals surface area contributed by atoms with Gasteiger partial charge in [-0.1, -0.05) is 6.42 Å². The summed E-state index contributed by atoms with van der Waals surface area (Å²) in [5.74, 6) is 0.743. The molecule has 1 heterocycles. The molecule has 0 amide bonds. The largest absolute Gasteiger partial charge is 0.261 e. The highest BCUT2D eigenvalue weighted by Gasteiger charge is 2.22. The molecule has 1 aromatic heterocycles. The number of hydrogen-bond acceptors (Lipinski definition) is 1. The molecule has 3 heteroatoms. The fourth-order valence-corrected chi connectivity index (χ4v) is 1.68. The Morgan fingerprint density at radius 2 is 2.36 bits per heavy atom. The van der Waals surface area contributed by atoms with Crippen molar-refractivity contribution in [2.24, 2.45) is 7.05 Å². The number of hydrogen-bond donors (Lipinski definition) is 0. The number of aryl methyl sites for hydroxylation is 1. The van der Waals surface area contributed by atoms with E-state index in [0.29, 0.717) is 0 Å². The third-order valence-corrected chi connectivity index (χ3v) is 3.11. The van der Waals surface area contributed by atoms with Crippen molar-refractivity contribution in [2.75, 3.05) is 0 Å². The summed E-state index contributed by atoms with van der Waals surface area (Å²) < 4.78 is 2.97. The molecular weight excluding hydrogens is 204 g/mol. The quantitative estimate of drug-likeness (QED) is 0.703. The highest BCUT2D eigenvalue weighted by Crippen LogP contribution is 2.36. The smallest absolute Gasteiger partial charge is 0.104 e. The topological polar surface area (TPSA) is 17.8 Å². The van der Waals surface area contributed by atoms with Gasteiger partial charge in [0.2, 0.25) is 0 Å². The van der Waals surface area contributed by atoms with Gasteiger partial charge in [0.15, 0.2) is 0 Å². The molecule has 1 aliphatic carbocycles. The number of halogens is 1. The van der Waals surface area contributed by atoms with E-state index in [0.717, 1.165) is 10.5 Å². The minimum atomic E-state index is 0.743. The molecule has 0 aromatic carbocycles. The lowest BCUT2D eigenvalue weighted by molar-refractivity contribution is 0.408. The summed E-state index contributed by atoms with van der Waals surface area (Å²) in [5, 5.41) is 4.40. The predicted molar refractivity (Wildman–Crippen MR) is 47.5 cm³/mol. The van der Waals surface area contributed by atoms with Gasteiger partial charge in [0.05, 0.1) is 5.69 Å². The molecule has 1 aromatic rings. The van der Waals surface area contributed by atoms with Crippen molar-refractivity contribution in [1.29, 1.82) is 0 Å². The Morgan fingerprint density at radius 3 is 2.73 bits per heavy atom. The Kier molecular flexibility index (Phi) is 1.75. The fourth-order valence-electron chi connectivity index (χ4n) is 1.37. The van der Waals surface area contributed by atoms with Crippen LogP contribution in [-0.4, -0.2) is 9.78 Å². The molecule has 0 aliphatic heterocycles. The summed E-state index contributed by atoms with van der Waals surface area (Å²) in [5.41, 5.74) is 1.26. The van der Waals surface area contributed by atoms with Crippen molar-refractivity contribution in [3.63, 3.8) is 0 Å². The van der Waals surface area contributed by atoms with Gasteiger partial charge in [-0.3, -0.25) is 4.68 Å². The summed E-state index contributed by atoms with van der Waals surface area (Å²) in [6.07, 6.45) is 4.02. The predicted octanol–water partition coefficient (Wildman–Crippen LogP) is 2.45. The van der Waals surface area contributed by atoms with Crippen molar-refractivity contribution in [2.45, 2.75) is 25.2 Å².